The second-order valence-electron chi connectivity index (χ2n) is 7.37. The predicted octanol–water partition coefficient (Wildman–Crippen LogP) is 7.75. The van der Waals surface area contributed by atoms with Gasteiger partial charge in [0.15, 0.2) is 0 Å². The summed E-state index contributed by atoms with van der Waals surface area (Å²) >= 11 is 0. The fourth-order valence-corrected chi connectivity index (χ4v) is 3.53. The van der Waals surface area contributed by atoms with Crippen LogP contribution in [0, 0.1) is 20.8 Å². The van der Waals surface area contributed by atoms with E-state index < -0.39 is 0 Å². The first kappa shape index (κ1) is 18.1. The fraction of sp³-hybridized carbons (Fsp3) is 0.111. The number of rotatable bonds is 4. The van der Waals surface area contributed by atoms with Gasteiger partial charge in [0.1, 0.15) is 0 Å². The Morgan fingerprint density at radius 2 is 1.04 bits per heavy atom. The van der Waals surface area contributed by atoms with Gasteiger partial charge in [0.05, 0.1) is 0 Å². The summed E-state index contributed by atoms with van der Waals surface area (Å²) in [5, 5.41) is 0. The number of anilines is 3. The van der Waals surface area contributed by atoms with Crippen molar-refractivity contribution in [3.8, 4) is 11.1 Å². The minimum atomic E-state index is 1.17. The molecule has 4 aromatic carbocycles. The molecule has 0 aliphatic rings. The normalized spacial score (nSPS) is 10.7. The van der Waals surface area contributed by atoms with Crippen LogP contribution < -0.4 is 4.90 Å². The van der Waals surface area contributed by atoms with Crippen molar-refractivity contribution in [3.05, 3.63) is 114 Å². The number of aryl methyl sites for hydroxylation is 3. The van der Waals surface area contributed by atoms with Gasteiger partial charge in [0.25, 0.3) is 0 Å². The maximum absolute atomic E-state index is 2.34. The van der Waals surface area contributed by atoms with E-state index in [-0.39, 0.29) is 0 Å². The van der Waals surface area contributed by atoms with E-state index in [0.717, 1.165) is 0 Å². The zero-order valence-electron chi connectivity index (χ0n) is 16.7. The molecule has 1 nitrogen and oxygen atoms in total. The minimum absolute atomic E-state index is 1.17. The number of hydrogen-bond acceptors (Lipinski definition) is 1. The van der Waals surface area contributed by atoms with E-state index in [2.05, 4.69) is 123 Å². The standard InChI is InChI=1S/C27H25N/c1-20-9-14-25(15-10-20)28(26-16-11-21(2)12-17-26)27-18-13-24(19-22(27)3)23-7-5-4-6-8-23/h4-19H,1-3H3. The Hall–Kier alpha value is -3.32. The summed E-state index contributed by atoms with van der Waals surface area (Å²) < 4.78 is 0. The van der Waals surface area contributed by atoms with Gasteiger partial charge < -0.3 is 4.90 Å². The Balaban J connectivity index is 1.82. The Bertz CT molecular complexity index is 1020. The zero-order chi connectivity index (χ0) is 19.5. The molecule has 0 saturated carbocycles. The van der Waals surface area contributed by atoms with Crippen molar-refractivity contribution in [2.75, 3.05) is 4.90 Å². The molecule has 138 valence electrons. The van der Waals surface area contributed by atoms with Gasteiger partial charge in [0, 0.05) is 17.1 Å². The molecule has 0 fully saturated rings. The van der Waals surface area contributed by atoms with Gasteiger partial charge in [-0.2, -0.15) is 0 Å². The van der Waals surface area contributed by atoms with Gasteiger partial charge in [-0.25, -0.2) is 0 Å². The lowest BCUT2D eigenvalue weighted by Gasteiger charge is -2.27. The van der Waals surface area contributed by atoms with Gasteiger partial charge in [-0.1, -0.05) is 71.8 Å². The van der Waals surface area contributed by atoms with Crippen LogP contribution in [0.3, 0.4) is 0 Å². The molecule has 0 atom stereocenters. The van der Waals surface area contributed by atoms with E-state index in [1.807, 2.05) is 0 Å². The van der Waals surface area contributed by atoms with Crippen LogP contribution in [0.4, 0.5) is 17.1 Å². The molecule has 4 rings (SSSR count). The summed E-state index contributed by atoms with van der Waals surface area (Å²) in [6.45, 7) is 6.44. The highest BCUT2D eigenvalue weighted by atomic mass is 15.1. The Labute approximate surface area is 167 Å². The van der Waals surface area contributed by atoms with Crippen molar-refractivity contribution in [1.82, 2.24) is 0 Å². The maximum atomic E-state index is 2.34. The van der Waals surface area contributed by atoms with Crippen molar-refractivity contribution in [2.24, 2.45) is 0 Å². The van der Waals surface area contributed by atoms with Crippen molar-refractivity contribution >= 4 is 17.1 Å². The predicted molar refractivity (Wildman–Crippen MR) is 121 cm³/mol. The van der Waals surface area contributed by atoms with Gasteiger partial charge >= 0.3 is 0 Å². The summed E-state index contributed by atoms with van der Waals surface area (Å²) in [5.41, 5.74) is 9.82. The molecule has 1 heteroatoms. The summed E-state index contributed by atoms with van der Waals surface area (Å²) in [4.78, 5) is 2.34. The molecule has 0 aromatic heterocycles. The third-order valence-corrected chi connectivity index (χ3v) is 5.13. The number of hydrogen-bond donors (Lipinski definition) is 0. The molecule has 28 heavy (non-hydrogen) atoms. The topological polar surface area (TPSA) is 3.24 Å². The molecule has 4 aromatic rings. The average Bonchev–Trinajstić information content (AvgIpc) is 2.72. The molecule has 0 heterocycles. The van der Waals surface area contributed by atoms with Crippen LogP contribution in [0.1, 0.15) is 16.7 Å². The lowest BCUT2D eigenvalue weighted by atomic mass is 10.0. The molecule has 0 amide bonds. The number of benzene rings is 4. The molecule has 0 bridgehead atoms. The van der Waals surface area contributed by atoms with Crippen LogP contribution in [0.25, 0.3) is 11.1 Å². The fourth-order valence-electron chi connectivity index (χ4n) is 3.53. The van der Waals surface area contributed by atoms with Crippen LogP contribution in [-0.2, 0) is 0 Å². The zero-order valence-corrected chi connectivity index (χ0v) is 16.7. The van der Waals surface area contributed by atoms with Gasteiger partial charge in [-0.05, 0) is 73.9 Å². The van der Waals surface area contributed by atoms with Crippen molar-refractivity contribution in [1.29, 1.82) is 0 Å². The van der Waals surface area contributed by atoms with E-state index in [4.69, 9.17) is 0 Å². The van der Waals surface area contributed by atoms with Crippen LogP contribution in [-0.4, -0.2) is 0 Å². The van der Waals surface area contributed by atoms with Crippen molar-refractivity contribution < 1.29 is 0 Å². The highest BCUT2D eigenvalue weighted by molar-refractivity contribution is 5.80. The molecular weight excluding hydrogens is 338 g/mol. The molecule has 0 radical (unpaired) electrons. The van der Waals surface area contributed by atoms with Crippen LogP contribution >= 0.6 is 0 Å². The largest absolute Gasteiger partial charge is 0.310 e. The SMILES string of the molecule is Cc1ccc(N(c2ccc(C)cc2)c2ccc(-c3ccccc3)cc2C)cc1. The average molecular weight is 364 g/mol. The molecule has 0 aliphatic heterocycles. The second kappa shape index (κ2) is 7.74. The van der Waals surface area contributed by atoms with Gasteiger partial charge in [-0.15, -0.1) is 0 Å². The van der Waals surface area contributed by atoms with E-state index in [1.165, 1.54) is 44.9 Å². The number of nitrogens with zero attached hydrogens (tertiary/aromatic N) is 1. The van der Waals surface area contributed by atoms with Gasteiger partial charge in [0.2, 0.25) is 0 Å². The van der Waals surface area contributed by atoms with E-state index in [0.29, 0.717) is 0 Å². The van der Waals surface area contributed by atoms with Crippen molar-refractivity contribution in [3.63, 3.8) is 0 Å². The lowest BCUT2D eigenvalue weighted by Crippen LogP contribution is -2.11. The smallest absolute Gasteiger partial charge is 0.0491 e. The Morgan fingerprint density at radius 1 is 0.500 bits per heavy atom. The van der Waals surface area contributed by atoms with Gasteiger partial charge in [-0.3, -0.25) is 0 Å². The lowest BCUT2D eigenvalue weighted by molar-refractivity contribution is 1.24. The van der Waals surface area contributed by atoms with E-state index in [1.54, 1.807) is 0 Å². The monoisotopic (exact) mass is 363 g/mol. The third kappa shape index (κ3) is 3.70. The molecule has 0 N–H and O–H groups in total. The summed E-state index contributed by atoms with van der Waals surface area (Å²) in [5.74, 6) is 0. The molecule has 0 saturated heterocycles. The van der Waals surface area contributed by atoms with E-state index in [9.17, 15) is 0 Å². The molecule has 0 spiro atoms. The summed E-state index contributed by atoms with van der Waals surface area (Å²) in [6, 6.07) is 34.7. The van der Waals surface area contributed by atoms with E-state index >= 15 is 0 Å². The van der Waals surface area contributed by atoms with Crippen molar-refractivity contribution in [2.45, 2.75) is 20.8 Å². The third-order valence-electron chi connectivity index (χ3n) is 5.13. The molecule has 0 aliphatic carbocycles. The Kier molecular flexibility index (Phi) is 4.99. The maximum Gasteiger partial charge on any atom is 0.0491 e. The first-order valence-electron chi connectivity index (χ1n) is 9.71. The molecule has 0 unspecified atom stereocenters. The quantitative estimate of drug-likeness (QED) is 0.358. The minimum Gasteiger partial charge on any atom is -0.310 e. The summed E-state index contributed by atoms with van der Waals surface area (Å²) in [6.07, 6.45) is 0. The highest BCUT2D eigenvalue weighted by Gasteiger charge is 2.15. The molecular formula is C27H25N. The van der Waals surface area contributed by atoms with Crippen LogP contribution in [0.15, 0.2) is 97.1 Å². The summed E-state index contributed by atoms with van der Waals surface area (Å²) in [7, 11) is 0. The van der Waals surface area contributed by atoms with Crippen LogP contribution in [0.2, 0.25) is 0 Å². The first-order valence-corrected chi connectivity index (χ1v) is 9.71. The highest BCUT2D eigenvalue weighted by Crippen LogP contribution is 2.38. The first-order chi connectivity index (χ1) is 13.6. The van der Waals surface area contributed by atoms with Crippen LogP contribution in [0.5, 0.6) is 0 Å². The Morgan fingerprint density at radius 3 is 1.54 bits per heavy atom. The second-order valence-corrected chi connectivity index (χ2v) is 7.37.